The molecule has 1 aromatic carbocycles. The van der Waals surface area contributed by atoms with Gasteiger partial charge in [-0.2, -0.15) is 0 Å². The zero-order chi connectivity index (χ0) is 20.5. The summed E-state index contributed by atoms with van der Waals surface area (Å²) in [6.45, 7) is 2.42. The number of nitro benzene ring substituents is 1. The van der Waals surface area contributed by atoms with Crippen LogP contribution in [-0.2, 0) is 13.0 Å². The van der Waals surface area contributed by atoms with Gasteiger partial charge in [0.25, 0.3) is 17.5 Å². The summed E-state index contributed by atoms with van der Waals surface area (Å²) >= 11 is 2.70. The minimum atomic E-state index is -0.480. The molecule has 0 aliphatic carbocycles. The number of thiophene rings is 1. The van der Waals surface area contributed by atoms with Crippen molar-refractivity contribution in [3.63, 3.8) is 0 Å². The highest BCUT2D eigenvalue weighted by atomic mass is 32.1. The number of aromatic nitrogens is 1. The Morgan fingerprint density at radius 3 is 2.83 bits per heavy atom. The van der Waals surface area contributed by atoms with Crippen molar-refractivity contribution in [3.05, 3.63) is 72.4 Å². The first-order valence-corrected chi connectivity index (χ1v) is 10.5. The van der Waals surface area contributed by atoms with Crippen molar-refractivity contribution in [2.45, 2.75) is 19.9 Å². The number of fused-ring (bicyclic) bond motifs is 1. The Morgan fingerprint density at radius 2 is 2.10 bits per heavy atom. The van der Waals surface area contributed by atoms with Crippen LogP contribution in [-0.4, -0.2) is 33.2 Å². The monoisotopic (exact) mass is 428 g/mol. The minimum absolute atomic E-state index is 0.0649. The third-order valence-corrected chi connectivity index (χ3v) is 6.58. The molecule has 3 aromatic rings. The summed E-state index contributed by atoms with van der Waals surface area (Å²) in [7, 11) is 0. The topological polar surface area (TPSA) is 105 Å². The van der Waals surface area contributed by atoms with E-state index in [0.29, 0.717) is 40.6 Å². The van der Waals surface area contributed by atoms with Gasteiger partial charge in [0.15, 0.2) is 5.13 Å². The van der Waals surface area contributed by atoms with Gasteiger partial charge < -0.3 is 4.90 Å². The predicted molar refractivity (Wildman–Crippen MR) is 111 cm³/mol. The van der Waals surface area contributed by atoms with Crippen LogP contribution in [0, 0.1) is 17.0 Å². The van der Waals surface area contributed by atoms with Crippen molar-refractivity contribution in [2.24, 2.45) is 0 Å². The highest BCUT2D eigenvalue weighted by molar-refractivity contribution is 7.16. The lowest BCUT2D eigenvalue weighted by molar-refractivity contribution is -0.385. The van der Waals surface area contributed by atoms with Gasteiger partial charge in [-0.3, -0.25) is 25.0 Å². The van der Waals surface area contributed by atoms with E-state index in [1.165, 1.54) is 34.8 Å². The lowest BCUT2D eigenvalue weighted by Crippen LogP contribution is -2.35. The quantitative estimate of drug-likeness (QED) is 0.502. The second-order valence-electron chi connectivity index (χ2n) is 6.50. The van der Waals surface area contributed by atoms with Gasteiger partial charge in [0.2, 0.25) is 0 Å². The zero-order valence-corrected chi connectivity index (χ0v) is 17.0. The number of hydrogen-bond acceptors (Lipinski definition) is 7. The van der Waals surface area contributed by atoms with E-state index < -0.39 is 4.92 Å². The van der Waals surface area contributed by atoms with E-state index >= 15 is 0 Å². The third-order valence-electron chi connectivity index (χ3n) is 4.72. The van der Waals surface area contributed by atoms with Crippen molar-refractivity contribution < 1.29 is 14.5 Å². The lowest BCUT2D eigenvalue weighted by Gasteiger charge is -2.26. The smallest absolute Gasteiger partial charge is 0.273 e. The van der Waals surface area contributed by atoms with Gasteiger partial charge in [-0.15, -0.1) is 11.3 Å². The van der Waals surface area contributed by atoms with E-state index in [9.17, 15) is 19.7 Å². The van der Waals surface area contributed by atoms with Crippen LogP contribution in [0.3, 0.4) is 0 Å². The van der Waals surface area contributed by atoms with Crippen molar-refractivity contribution in [2.75, 3.05) is 11.9 Å². The predicted octanol–water partition coefficient (Wildman–Crippen LogP) is 3.87. The molecule has 10 heteroatoms. The van der Waals surface area contributed by atoms with Gasteiger partial charge in [0.1, 0.15) is 0 Å². The summed E-state index contributed by atoms with van der Waals surface area (Å²) in [6.07, 6.45) is 0.570. The van der Waals surface area contributed by atoms with Crippen molar-refractivity contribution >= 4 is 45.3 Å². The average Bonchev–Trinajstić information content (AvgIpc) is 3.36. The maximum atomic E-state index is 13.0. The van der Waals surface area contributed by atoms with E-state index in [2.05, 4.69) is 10.3 Å². The Labute approximate surface area is 174 Å². The van der Waals surface area contributed by atoms with Crippen LogP contribution in [0.5, 0.6) is 0 Å². The number of nitrogens with zero attached hydrogens (tertiary/aromatic N) is 3. The molecule has 4 rings (SSSR count). The van der Waals surface area contributed by atoms with Gasteiger partial charge in [-0.25, -0.2) is 4.98 Å². The molecular weight excluding hydrogens is 412 g/mol. The van der Waals surface area contributed by atoms with Crippen LogP contribution >= 0.6 is 22.7 Å². The van der Waals surface area contributed by atoms with E-state index in [4.69, 9.17) is 0 Å². The molecule has 3 heterocycles. The fraction of sp³-hybridized carbons (Fsp3) is 0.211. The highest BCUT2D eigenvalue weighted by Crippen LogP contribution is 2.30. The molecule has 0 saturated heterocycles. The Morgan fingerprint density at radius 1 is 1.28 bits per heavy atom. The molecule has 29 heavy (non-hydrogen) atoms. The number of carbonyl (C=O) groups is 2. The Kier molecular flexibility index (Phi) is 5.12. The Bertz CT molecular complexity index is 1110. The summed E-state index contributed by atoms with van der Waals surface area (Å²) in [6, 6.07) is 8.09. The molecule has 0 spiro atoms. The van der Waals surface area contributed by atoms with Gasteiger partial charge in [-0.05, 0) is 24.4 Å². The van der Waals surface area contributed by atoms with Crippen LogP contribution in [0.15, 0.2) is 35.7 Å². The Hall–Kier alpha value is -3.11. The molecule has 1 aliphatic rings. The van der Waals surface area contributed by atoms with Crippen LogP contribution < -0.4 is 5.32 Å². The fourth-order valence-corrected chi connectivity index (χ4v) is 4.85. The van der Waals surface area contributed by atoms with Gasteiger partial charge >= 0.3 is 0 Å². The maximum absolute atomic E-state index is 13.0. The maximum Gasteiger partial charge on any atom is 0.273 e. The van der Waals surface area contributed by atoms with E-state index in [1.807, 2.05) is 11.4 Å². The summed E-state index contributed by atoms with van der Waals surface area (Å²) in [4.78, 5) is 43.5. The van der Waals surface area contributed by atoms with Crippen LogP contribution in [0.4, 0.5) is 10.8 Å². The largest absolute Gasteiger partial charge is 0.333 e. The molecule has 0 radical (unpaired) electrons. The molecule has 0 fully saturated rings. The van der Waals surface area contributed by atoms with Crippen molar-refractivity contribution in [1.82, 2.24) is 9.88 Å². The molecule has 1 N–H and O–H groups in total. The third kappa shape index (κ3) is 3.76. The van der Waals surface area contributed by atoms with Gasteiger partial charge in [-0.1, -0.05) is 23.5 Å². The van der Waals surface area contributed by atoms with Crippen LogP contribution in [0.1, 0.15) is 36.2 Å². The number of hydrogen-bond donors (Lipinski definition) is 1. The summed E-state index contributed by atoms with van der Waals surface area (Å²) in [5.74, 6) is -0.444. The number of carbonyl (C=O) groups excluding carboxylic acids is 2. The standard InChI is InChI=1S/C19H16N4O4S2/c1-11-12(4-2-5-14(11)23(26)27)18(25)22-8-7-13-16(10-22)29-19(20-13)21-17(24)15-6-3-9-28-15/h2-6,9H,7-8,10H2,1H3,(H,20,21,24). The first-order valence-electron chi connectivity index (χ1n) is 8.80. The molecule has 2 aromatic heterocycles. The van der Waals surface area contributed by atoms with E-state index in [1.54, 1.807) is 24.0 Å². The summed E-state index contributed by atoms with van der Waals surface area (Å²) < 4.78 is 0. The first-order chi connectivity index (χ1) is 13.9. The minimum Gasteiger partial charge on any atom is -0.333 e. The van der Waals surface area contributed by atoms with Crippen LogP contribution in [0.2, 0.25) is 0 Å². The SMILES string of the molecule is Cc1c(C(=O)N2CCc3nc(NC(=O)c4cccs4)sc3C2)cccc1[N+](=O)[O-]. The molecule has 148 valence electrons. The fourth-order valence-electron chi connectivity index (χ4n) is 3.21. The van der Waals surface area contributed by atoms with Crippen molar-refractivity contribution in [3.8, 4) is 0 Å². The highest BCUT2D eigenvalue weighted by Gasteiger charge is 2.28. The number of nitro groups is 1. The molecule has 0 atom stereocenters. The first kappa shape index (κ1) is 19.2. The number of benzene rings is 1. The molecule has 1 aliphatic heterocycles. The van der Waals surface area contributed by atoms with Gasteiger partial charge in [0, 0.05) is 35.0 Å². The Balaban J connectivity index is 1.51. The molecule has 2 amide bonds. The number of amides is 2. The molecule has 0 saturated carbocycles. The summed E-state index contributed by atoms with van der Waals surface area (Å²) in [5, 5.41) is 16.3. The second-order valence-corrected chi connectivity index (χ2v) is 8.54. The normalized spacial score (nSPS) is 13.1. The number of anilines is 1. The van der Waals surface area contributed by atoms with E-state index in [0.717, 1.165) is 10.6 Å². The molecule has 0 unspecified atom stereocenters. The van der Waals surface area contributed by atoms with E-state index in [-0.39, 0.29) is 17.5 Å². The van der Waals surface area contributed by atoms with Gasteiger partial charge in [0.05, 0.1) is 22.0 Å². The second kappa shape index (κ2) is 7.72. The lowest BCUT2D eigenvalue weighted by atomic mass is 10.0. The molecular formula is C19H16N4O4S2. The van der Waals surface area contributed by atoms with Crippen LogP contribution in [0.25, 0.3) is 0 Å². The average molecular weight is 428 g/mol. The number of thiazole rings is 1. The number of rotatable bonds is 4. The summed E-state index contributed by atoms with van der Waals surface area (Å²) in [5.41, 5.74) is 1.50. The van der Waals surface area contributed by atoms with Crippen molar-refractivity contribution in [1.29, 1.82) is 0 Å². The molecule has 0 bridgehead atoms. The molecule has 8 nitrogen and oxygen atoms in total. The number of nitrogens with one attached hydrogen (secondary N) is 1. The zero-order valence-electron chi connectivity index (χ0n) is 15.4.